The average molecular weight is 589 g/mol. The molecule has 40 heavy (non-hydrogen) atoms. The number of alkyl halides is 6. The van der Waals surface area contributed by atoms with Gasteiger partial charge < -0.3 is 0 Å². The summed E-state index contributed by atoms with van der Waals surface area (Å²) >= 11 is 1.20. The Bertz CT molecular complexity index is 1610. The van der Waals surface area contributed by atoms with Crippen molar-refractivity contribution in [3.63, 3.8) is 0 Å². The highest BCUT2D eigenvalue weighted by atomic mass is 32.1. The standard InChI is InChI=1S/C32H27F6PS/c1-3-12-23-26(20-15-8-10-17-22(20)39(23)19-13-6-5-7-14-19)28-29(31(35,36)32(37,38)30(28,33)34)27-21-16-9-11-18-25(21)40-24(27)4-2/h5-11,13-18,23,26H,3-4,12H2,1-2H3. The van der Waals surface area contributed by atoms with Gasteiger partial charge in [-0.2, -0.15) is 26.3 Å². The number of halogens is 6. The zero-order valence-electron chi connectivity index (χ0n) is 21.9. The third-order valence-corrected chi connectivity index (χ3v) is 12.4. The molecule has 0 fully saturated rings. The number of aryl methyl sites for hydroxylation is 1. The Morgan fingerprint density at radius 1 is 0.775 bits per heavy atom. The Morgan fingerprint density at radius 3 is 2.12 bits per heavy atom. The van der Waals surface area contributed by atoms with Crippen LogP contribution in [0.15, 0.2) is 84.4 Å². The fraction of sp³-hybridized carbons (Fsp3) is 0.312. The molecule has 1 aliphatic heterocycles. The molecule has 0 nitrogen and oxygen atoms in total. The fourth-order valence-corrected chi connectivity index (χ4v) is 11.0. The van der Waals surface area contributed by atoms with Crippen LogP contribution >= 0.6 is 19.3 Å². The molecule has 1 aromatic heterocycles. The van der Waals surface area contributed by atoms with E-state index in [1.807, 2.05) is 43.3 Å². The molecule has 0 radical (unpaired) electrons. The van der Waals surface area contributed by atoms with Crippen LogP contribution in [-0.2, 0) is 6.42 Å². The number of hydrogen-bond acceptors (Lipinski definition) is 1. The van der Waals surface area contributed by atoms with Crippen molar-refractivity contribution in [3.05, 3.63) is 100 Å². The van der Waals surface area contributed by atoms with Gasteiger partial charge in [0.2, 0.25) is 0 Å². The molecule has 0 bridgehead atoms. The van der Waals surface area contributed by atoms with Gasteiger partial charge in [-0.3, -0.25) is 0 Å². The second kappa shape index (κ2) is 9.73. The van der Waals surface area contributed by atoms with E-state index in [-0.39, 0.29) is 12.0 Å². The molecule has 2 heterocycles. The van der Waals surface area contributed by atoms with E-state index < -0.39 is 48.4 Å². The Balaban J connectivity index is 1.73. The number of rotatable bonds is 6. The summed E-state index contributed by atoms with van der Waals surface area (Å²) in [5.41, 5.74) is -2.51. The first-order chi connectivity index (χ1) is 19.1. The minimum atomic E-state index is -5.57. The first-order valence-electron chi connectivity index (χ1n) is 13.4. The number of hydrogen-bond donors (Lipinski definition) is 0. The van der Waals surface area contributed by atoms with Gasteiger partial charge in [0, 0.05) is 37.6 Å². The fourth-order valence-electron chi connectivity index (χ4n) is 6.47. The SMILES string of the molecule is CCCC1C(C2=C(c3c(CC)sc4ccccc34)C(F)(F)C(F)(F)C2(F)F)c2ccccc2P1c1ccccc1. The van der Waals surface area contributed by atoms with Crippen molar-refractivity contribution in [1.82, 2.24) is 0 Å². The highest BCUT2D eigenvalue weighted by Crippen LogP contribution is 2.69. The van der Waals surface area contributed by atoms with E-state index in [1.165, 1.54) is 11.3 Å². The van der Waals surface area contributed by atoms with Crippen LogP contribution in [0.2, 0.25) is 0 Å². The topological polar surface area (TPSA) is 0 Å². The smallest absolute Gasteiger partial charge is 0.194 e. The molecule has 3 atom stereocenters. The number of benzene rings is 3. The normalized spacial score (nSPS) is 24.6. The van der Waals surface area contributed by atoms with Crippen molar-refractivity contribution in [2.45, 2.75) is 62.5 Å². The summed E-state index contributed by atoms with van der Waals surface area (Å²) in [5.74, 6) is -16.9. The molecule has 4 aromatic rings. The van der Waals surface area contributed by atoms with Crippen LogP contribution in [0.3, 0.4) is 0 Å². The van der Waals surface area contributed by atoms with Gasteiger partial charge in [-0.15, -0.1) is 11.3 Å². The van der Waals surface area contributed by atoms with Crippen LogP contribution in [0.1, 0.15) is 48.6 Å². The summed E-state index contributed by atoms with van der Waals surface area (Å²) in [4.78, 5) is 0.408. The summed E-state index contributed by atoms with van der Waals surface area (Å²) in [6.07, 6.45) is 1.30. The van der Waals surface area contributed by atoms with Crippen LogP contribution in [0.4, 0.5) is 26.3 Å². The molecule has 3 aromatic carbocycles. The van der Waals surface area contributed by atoms with E-state index in [2.05, 4.69) is 0 Å². The molecular weight excluding hydrogens is 561 g/mol. The van der Waals surface area contributed by atoms with Gasteiger partial charge in [-0.05, 0) is 48.7 Å². The van der Waals surface area contributed by atoms with E-state index in [0.29, 0.717) is 33.4 Å². The molecule has 0 saturated carbocycles. The van der Waals surface area contributed by atoms with Gasteiger partial charge in [0.05, 0.1) is 0 Å². The molecule has 208 valence electrons. The van der Waals surface area contributed by atoms with Crippen LogP contribution < -0.4 is 10.6 Å². The molecule has 1 aliphatic carbocycles. The molecule has 0 N–H and O–H groups in total. The lowest BCUT2D eigenvalue weighted by Crippen LogP contribution is -2.49. The summed E-state index contributed by atoms with van der Waals surface area (Å²) < 4.78 is 95.9. The first-order valence-corrected chi connectivity index (χ1v) is 15.6. The molecule has 2 aliphatic rings. The number of fused-ring (bicyclic) bond motifs is 2. The second-order valence-corrected chi connectivity index (χ2v) is 13.9. The van der Waals surface area contributed by atoms with Gasteiger partial charge in [0.15, 0.2) is 0 Å². The molecule has 6 rings (SSSR count). The lowest BCUT2D eigenvalue weighted by atomic mass is 9.81. The Morgan fingerprint density at radius 2 is 1.43 bits per heavy atom. The third-order valence-electron chi connectivity index (χ3n) is 8.13. The Labute approximate surface area is 234 Å². The van der Waals surface area contributed by atoms with E-state index in [0.717, 1.165) is 10.6 Å². The highest BCUT2D eigenvalue weighted by molar-refractivity contribution is 7.74. The molecule has 8 heteroatoms. The van der Waals surface area contributed by atoms with E-state index in [1.54, 1.807) is 49.4 Å². The minimum absolute atomic E-state index is 0.149. The van der Waals surface area contributed by atoms with Crippen molar-refractivity contribution in [2.24, 2.45) is 0 Å². The second-order valence-electron chi connectivity index (χ2n) is 10.4. The van der Waals surface area contributed by atoms with Crippen molar-refractivity contribution in [2.75, 3.05) is 0 Å². The van der Waals surface area contributed by atoms with E-state index in [4.69, 9.17) is 0 Å². The van der Waals surface area contributed by atoms with Crippen molar-refractivity contribution in [3.8, 4) is 0 Å². The Hall–Kier alpha value is -2.63. The van der Waals surface area contributed by atoms with Gasteiger partial charge in [0.25, 0.3) is 0 Å². The third kappa shape index (κ3) is 3.69. The van der Waals surface area contributed by atoms with E-state index in [9.17, 15) is 0 Å². The highest BCUT2D eigenvalue weighted by Gasteiger charge is 2.81. The maximum Gasteiger partial charge on any atom is 0.380 e. The summed E-state index contributed by atoms with van der Waals surface area (Å²) in [7, 11) is -1.26. The Kier molecular flexibility index (Phi) is 6.70. The van der Waals surface area contributed by atoms with Crippen LogP contribution in [0.5, 0.6) is 0 Å². The monoisotopic (exact) mass is 588 g/mol. The first kappa shape index (κ1) is 27.5. The van der Waals surface area contributed by atoms with Crippen molar-refractivity contribution in [1.29, 1.82) is 0 Å². The maximum absolute atomic E-state index is 16.2. The van der Waals surface area contributed by atoms with Crippen LogP contribution in [0, 0.1) is 0 Å². The van der Waals surface area contributed by atoms with Crippen LogP contribution in [0.25, 0.3) is 15.7 Å². The molecule has 0 saturated heterocycles. The largest absolute Gasteiger partial charge is 0.380 e. The molecular formula is C32H27F6PS. The summed E-state index contributed by atoms with van der Waals surface area (Å²) in [6, 6.07) is 23.0. The summed E-state index contributed by atoms with van der Waals surface area (Å²) in [5, 5.41) is 2.02. The summed E-state index contributed by atoms with van der Waals surface area (Å²) in [6.45, 7) is 3.64. The van der Waals surface area contributed by atoms with Crippen molar-refractivity contribution >= 4 is 45.5 Å². The molecule has 0 spiro atoms. The number of thiophene rings is 1. The van der Waals surface area contributed by atoms with Crippen LogP contribution in [-0.4, -0.2) is 23.4 Å². The van der Waals surface area contributed by atoms with Crippen molar-refractivity contribution < 1.29 is 26.3 Å². The maximum atomic E-state index is 16.2. The zero-order valence-corrected chi connectivity index (χ0v) is 23.6. The quantitative estimate of drug-likeness (QED) is 0.155. The molecule has 3 unspecified atom stereocenters. The van der Waals surface area contributed by atoms with Gasteiger partial charge in [-0.1, -0.05) is 93.1 Å². The van der Waals surface area contributed by atoms with Gasteiger partial charge in [-0.25, -0.2) is 0 Å². The predicted octanol–water partition coefficient (Wildman–Crippen LogP) is 9.54. The van der Waals surface area contributed by atoms with Gasteiger partial charge >= 0.3 is 17.8 Å². The number of allylic oxidation sites excluding steroid dienone is 2. The van der Waals surface area contributed by atoms with Gasteiger partial charge in [0.1, 0.15) is 0 Å². The lowest BCUT2D eigenvalue weighted by molar-refractivity contribution is -0.260. The predicted molar refractivity (Wildman–Crippen MR) is 153 cm³/mol. The molecule has 0 amide bonds. The van der Waals surface area contributed by atoms with E-state index >= 15 is 26.3 Å². The zero-order chi connectivity index (χ0) is 28.4. The minimum Gasteiger partial charge on any atom is -0.194 e. The average Bonchev–Trinajstić information content (AvgIpc) is 3.49. The lowest BCUT2D eigenvalue weighted by Gasteiger charge is -2.31.